The van der Waals surface area contributed by atoms with Gasteiger partial charge in [-0.2, -0.15) is 13.4 Å². The molecular weight excluding hydrogens is 394 g/mol. The number of halogens is 1. The fraction of sp³-hybridized carbons (Fsp3) is 0.250. The summed E-state index contributed by atoms with van der Waals surface area (Å²) < 4.78 is 34.2. The molecule has 0 spiro atoms. The summed E-state index contributed by atoms with van der Waals surface area (Å²) in [5.41, 5.74) is 1.88. The van der Waals surface area contributed by atoms with E-state index in [1.54, 1.807) is 32.0 Å². The number of ether oxygens (including phenoxy) is 1. The van der Waals surface area contributed by atoms with Crippen molar-refractivity contribution >= 4 is 39.1 Å². The number of carbonyl (C=O) groups is 1. The summed E-state index contributed by atoms with van der Waals surface area (Å²) in [6.45, 7) is 4.67. The second-order valence-corrected chi connectivity index (χ2v) is 7.79. The molecule has 0 saturated heterocycles. The summed E-state index contributed by atoms with van der Waals surface area (Å²) in [4.78, 5) is 19.2. The first kappa shape index (κ1) is 19.1. The van der Waals surface area contributed by atoms with Crippen LogP contribution in [0.3, 0.4) is 0 Å². The molecule has 0 fully saturated rings. The van der Waals surface area contributed by atoms with Crippen LogP contribution in [0.5, 0.6) is 0 Å². The number of carbonyl (C=O) groups excluding carboxylic acids is 1. The summed E-state index contributed by atoms with van der Waals surface area (Å²) in [5.74, 6) is -0.324. The van der Waals surface area contributed by atoms with Gasteiger partial charge in [-0.15, -0.1) is 5.10 Å². The minimum absolute atomic E-state index is 0.0973. The maximum atomic E-state index is 12.8. The highest BCUT2D eigenvalue weighted by atomic mass is 35.5. The number of hydrogen-bond donors (Lipinski definition) is 1. The fourth-order valence-corrected chi connectivity index (χ4v) is 3.71. The van der Waals surface area contributed by atoms with Gasteiger partial charge in [-0.25, -0.2) is 9.50 Å². The number of rotatable bonds is 5. The van der Waals surface area contributed by atoms with E-state index in [-0.39, 0.29) is 23.1 Å². The topological polar surface area (TPSA) is 116 Å². The molecule has 0 atom stereocenters. The molecule has 142 valence electrons. The van der Waals surface area contributed by atoms with Crippen LogP contribution in [0.2, 0.25) is 5.02 Å². The maximum Gasteiger partial charge on any atom is 0.302 e. The molecule has 27 heavy (non-hydrogen) atoms. The summed E-state index contributed by atoms with van der Waals surface area (Å²) in [5, 5.41) is 3.73. The van der Waals surface area contributed by atoms with Crippen LogP contribution in [-0.4, -0.2) is 34.0 Å². The zero-order valence-electron chi connectivity index (χ0n) is 14.7. The first-order valence-electron chi connectivity index (χ1n) is 7.82. The van der Waals surface area contributed by atoms with Crippen LogP contribution in [0.25, 0.3) is 5.78 Å². The Kier molecular flexibility index (Phi) is 5.03. The van der Waals surface area contributed by atoms with Gasteiger partial charge in [-0.3, -0.25) is 9.52 Å². The lowest BCUT2D eigenvalue weighted by Gasteiger charge is -2.12. The third-order valence-electron chi connectivity index (χ3n) is 3.61. The lowest BCUT2D eigenvalue weighted by atomic mass is 10.2. The van der Waals surface area contributed by atoms with Crippen molar-refractivity contribution in [2.24, 2.45) is 0 Å². The Morgan fingerprint density at radius 3 is 2.74 bits per heavy atom. The van der Waals surface area contributed by atoms with Crippen molar-refractivity contribution in [3.05, 3.63) is 46.2 Å². The Morgan fingerprint density at radius 2 is 2.04 bits per heavy atom. The quantitative estimate of drug-likeness (QED) is 0.642. The lowest BCUT2D eigenvalue weighted by molar-refractivity contribution is -0.142. The van der Waals surface area contributed by atoms with Crippen LogP contribution < -0.4 is 4.72 Å². The molecule has 0 radical (unpaired) electrons. The molecule has 11 heteroatoms. The molecule has 0 amide bonds. The average Bonchev–Trinajstić information content (AvgIpc) is 3.00. The summed E-state index contributed by atoms with van der Waals surface area (Å²) >= 11 is 6.14. The van der Waals surface area contributed by atoms with Crippen molar-refractivity contribution in [3.63, 3.8) is 0 Å². The highest BCUT2D eigenvalue weighted by Gasteiger charge is 2.24. The third kappa shape index (κ3) is 4.01. The van der Waals surface area contributed by atoms with Crippen LogP contribution in [0.4, 0.5) is 5.69 Å². The Hall–Kier alpha value is -2.72. The van der Waals surface area contributed by atoms with Crippen molar-refractivity contribution in [3.8, 4) is 0 Å². The first-order chi connectivity index (χ1) is 12.7. The monoisotopic (exact) mass is 409 g/mol. The van der Waals surface area contributed by atoms with Gasteiger partial charge in [0.1, 0.15) is 6.61 Å². The van der Waals surface area contributed by atoms with Gasteiger partial charge in [0.25, 0.3) is 21.0 Å². The molecule has 3 rings (SSSR count). The number of sulfonamides is 1. The molecule has 1 N–H and O–H groups in total. The molecule has 1 aromatic carbocycles. The van der Waals surface area contributed by atoms with E-state index in [1.807, 2.05) is 0 Å². The molecule has 3 aromatic rings. The van der Waals surface area contributed by atoms with Crippen LogP contribution in [0.15, 0.2) is 29.4 Å². The van der Waals surface area contributed by atoms with Gasteiger partial charge in [0.15, 0.2) is 0 Å². The highest BCUT2D eigenvalue weighted by Crippen LogP contribution is 2.28. The molecular formula is C16H16ClN5O4S. The van der Waals surface area contributed by atoms with Crippen molar-refractivity contribution in [2.45, 2.75) is 32.5 Å². The molecule has 0 unspecified atom stereocenters. The Balaban J connectivity index is 2.00. The number of nitrogens with zero attached hydrogens (tertiary/aromatic N) is 4. The van der Waals surface area contributed by atoms with E-state index in [1.165, 1.54) is 17.5 Å². The standard InChI is InChI=1S/C16H16ClN5O4S/c1-9-7-10(2)22-15(18-9)19-16(20-22)27(24,25)21-14-12(8-26-11(3)23)5-4-6-13(14)17/h4-7,21H,8H2,1-3H3. The number of para-hydroxylation sites is 1. The number of anilines is 1. The molecule has 2 aromatic heterocycles. The Morgan fingerprint density at radius 1 is 1.30 bits per heavy atom. The average molecular weight is 410 g/mol. The van der Waals surface area contributed by atoms with E-state index in [4.69, 9.17) is 16.3 Å². The second kappa shape index (κ2) is 7.12. The van der Waals surface area contributed by atoms with Gasteiger partial charge < -0.3 is 4.74 Å². The molecule has 9 nitrogen and oxygen atoms in total. The number of nitrogens with one attached hydrogen (secondary N) is 1. The predicted molar refractivity (Wildman–Crippen MR) is 98.0 cm³/mol. The van der Waals surface area contributed by atoms with Gasteiger partial charge in [0, 0.05) is 23.9 Å². The third-order valence-corrected chi connectivity index (χ3v) is 5.05. The van der Waals surface area contributed by atoms with Gasteiger partial charge in [0.2, 0.25) is 0 Å². The van der Waals surface area contributed by atoms with Crippen LogP contribution in [-0.2, 0) is 26.2 Å². The molecule has 0 aliphatic carbocycles. The van der Waals surface area contributed by atoms with E-state index in [0.29, 0.717) is 17.0 Å². The molecule has 2 heterocycles. The normalized spacial score (nSPS) is 11.6. The van der Waals surface area contributed by atoms with E-state index in [2.05, 4.69) is 19.8 Å². The zero-order valence-corrected chi connectivity index (χ0v) is 16.3. The summed E-state index contributed by atoms with van der Waals surface area (Å²) in [6.07, 6.45) is 0. The Labute approximate surface area is 160 Å². The molecule has 0 aliphatic heterocycles. The molecule has 0 aliphatic rings. The second-order valence-electron chi connectivity index (χ2n) is 5.80. The van der Waals surface area contributed by atoms with Gasteiger partial charge >= 0.3 is 5.97 Å². The van der Waals surface area contributed by atoms with Gasteiger partial charge in [-0.1, -0.05) is 23.7 Å². The van der Waals surface area contributed by atoms with Crippen molar-refractivity contribution in [1.29, 1.82) is 0 Å². The van der Waals surface area contributed by atoms with Gasteiger partial charge in [-0.05, 0) is 26.0 Å². The summed E-state index contributed by atoms with van der Waals surface area (Å²) in [6, 6.07) is 6.50. The summed E-state index contributed by atoms with van der Waals surface area (Å²) in [7, 11) is -4.15. The number of aromatic nitrogens is 4. The zero-order chi connectivity index (χ0) is 19.8. The number of benzene rings is 1. The van der Waals surface area contributed by atoms with E-state index in [9.17, 15) is 13.2 Å². The number of esters is 1. The highest BCUT2D eigenvalue weighted by molar-refractivity contribution is 7.92. The van der Waals surface area contributed by atoms with Crippen LogP contribution in [0.1, 0.15) is 23.9 Å². The Bertz CT molecular complexity index is 1140. The SMILES string of the molecule is CC(=O)OCc1cccc(Cl)c1NS(=O)(=O)c1nc2nc(C)cc(C)n2n1. The predicted octanol–water partition coefficient (Wildman–Crippen LogP) is 2.26. The smallest absolute Gasteiger partial charge is 0.302 e. The maximum absolute atomic E-state index is 12.8. The fourth-order valence-electron chi connectivity index (χ4n) is 2.42. The van der Waals surface area contributed by atoms with E-state index < -0.39 is 21.1 Å². The number of aryl methyl sites for hydroxylation is 2. The minimum Gasteiger partial charge on any atom is -0.461 e. The minimum atomic E-state index is -4.15. The lowest BCUT2D eigenvalue weighted by Crippen LogP contribution is -2.17. The van der Waals surface area contributed by atoms with Gasteiger partial charge in [0.05, 0.1) is 10.7 Å². The van der Waals surface area contributed by atoms with Crippen molar-refractivity contribution in [1.82, 2.24) is 19.6 Å². The molecule has 0 bridgehead atoms. The largest absolute Gasteiger partial charge is 0.461 e. The van der Waals surface area contributed by atoms with E-state index in [0.717, 1.165) is 0 Å². The van der Waals surface area contributed by atoms with Crippen LogP contribution in [0, 0.1) is 13.8 Å². The van der Waals surface area contributed by atoms with E-state index >= 15 is 0 Å². The number of fused-ring (bicyclic) bond motifs is 1. The first-order valence-corrected chi connectivity index (χ1v) is 9.68. The van der Waals surface area contributed by atoms with Crippen LogP contribution >= 0.6 is 11.6 Å². The molecule has 0 saturated carbocycles. The van der Waals surface area contributed by atoms with Crippen molar-refractivity contribution < 1.29 is 17.9 Å². The number of hydrogen-bond acceptors (Lipinski definition) is 7. The van der Waals surface area contributed by atoms with Crippen molar-refractivity contribution in [2.75, 3.05) is 4.72 Å².